The number of para-hydroxylation sites is 1. The molecule has 1 aromatic heterocycles. The molecule has 3 heterocycles. The fourth-order valence-corrected chi connectivity index (χ4v) is 4.60. The van der Waals surface area contributed by atoms with Crippen molar-refractivity contribution in [3.05, 3.63) is 30.5 Å². The zero-order chi connectivity index (χ0) is 25.6. The number of hydrogen-bond donors (Lipinski definition) is 2. The fourth-order valence-electron chi connectivity index (χ4n) is 4.60. The largest absolute Gasteiger partial charge is 0.490 e. The first-order chi connectivity index (χ1) is 16.5. The van der Waals surface area contributed by atoms with Crippen molar-refractivity contribution < 1.29 is 32.7 Å². The third-order valence-electron chi connectivity index (χ3n) is 6.32. The Bertz CT molecular complexity index is 1080. The van der Waals surface area contributed by atoms with Gasteiger partial charge in [0.05, 0.1) is 12.1 Å². The number of likely N-dealkylation sites (tertiary alicyclic amines) is 1. The number of aromatic nitrogens is 2. The molecule has 2 aliphatic rings. The number of alkyl halides is 3. The number of carboxylic acid groups (broad SMARTS) is 1. The summed E-state index contributed by atoms with van der Waals surface area (Å²) in [5.74, 6) is -2.13. The first-order valence-corrected chi connectivity index (χ1v) is 11.3. The van der Waals surface area contributed by atoms with Crippen LogP contribution in [-0.2, 0) is 14.4 Å². The second kappa shape index (κ2) is 10.9. The summed E-state index contributed by atoms with van der Waals surface area (Å²) in [7, 11) is 0. The molecule has 0 saturated carbocycles. The zero-order valence-corrected chi connectivity index (χ0v) is 19.3. The van der Waals surface area contributed by atoms with Crippen LogP contribution in [0.4, 0.5) is 19.1 Å². The number of halogens is 3. The van der Waals surface area contributed by atoms with E-state index in [0.717, 1.165) is 62.0 Å². The molecule has 2 fully saturated rings. The highest BCUT2D eigenvalue weighted by Crippen LogP contribution is 2.40. The van der Waals surface area contributed by atoms with Gasteiger partial charge in [0.1, 0.15) is 0 Å². The van der Waals surface area contributed by atoms with E-state index in [-0.39, 0.29) is 23.9 Å². The molecular weight excluding hydrogens is 467 g/mol. The highest BCUT2D eigenvalue weighted by atomic mass is 19.4. The molecule has 190 valence electrons. The summed E-state index contributed by atoms with van der Waals surface area (Å²) in [6.45, 7) is 3.93. The molecular formula is C23H28F3N5O4. The highest BCUT2D eigenvalue weighted by Gasteiger charge is 2.43. The summed E-state index contributed by atoms with van der Waals surface area (Å²) < 4.78 is 31.7. The van der Waals surface area contributed by atoms with Gasteiger partial charge in [-0.15, -0.1) is 0 Å². The Morgan fingerprint density at radius 2 is 1.74 bits per heavy atom. The van der Waals surface area contributed by atoms with Crippen LogP contribution in [0.1, 0.15) is 39.0 Å². The van der Waals surface area contributed by atoms with Crippen molar-refractivity contribution in [2.75, 3.05) is 31.1 Å². The molecule has 9 nitrogen and oxygen atoms in total. The SMILES string of the molecule is CC(=O)NCC(=O)N1CCCC2(CCCN2c2ncc3ccccc3n2)CC1.O=C(O)C(F)(F)F. The number of nitrogens with one attached hydrogen (secondary N) is 1. The third-order valence-corrected chi connectivity index (χ3v) is 6.32. The molecule has 0 aliphatic carbocycles. The van der Waals surface area contributed by atoms with Crippen molar-refractivity contribution in [3.8, 4) is 0 Å². The van der Waals surface area contributed by atoms with Gasteiger partial charge in [-0.05, 0) is 38.2 Å². The average molecular weight is 496 g/mol. The maximum absolute atomic E-state index is 12.4. The van der Waals surface area contributed by atoms with Crippen LogP contribution < -0.4 is 10.2 Å². The number of carboxylic acids is 1. The molecule has 0 bridgehead atoms. The number of aliphatic carboxylic acids is 1. The van der Waals surface area contributed by atoms with Gasteiger partial charge in [-0.3, -0.25) is 9.59 Å². The van der Waals surface area contributed by atoms with Crippen molar-refractivity contribution in [2.45, 2.75) is 50.7 Å². The lowest BCUT2D eigenvalue weighted by molar-refractivity contribution is -0.192. The number of carbonyl (C=O) groups is 3. The van der Waals surface area contributed by atoms with Crippen LogP contribution in [-0.4, -0.2) is 75.7 Å². The molecule has 2 aliphatic heterocycles. The van der Waals surface area contributed by atoms with Crippen molar-refractivity contribution >= 4 is 34.6 Å². The Morgan fingerprint density at radius 3 is 2.40 bits per heavy atom. The molecule has 2 N–H and O–H groups in total. The van der Waals surface area contributed by atoms with Gasteiger partial charge in [0, 0.05) is 43.7 Å². The molecule has 2 saturated heterocycles. The van der Waals surface area contributed by atoms with E-state index in [9.17, 15) is 22.8 Å². The van der Waals surface area contributed by atoms with E-state index in [1.165, 1.54) is 6.92 Å². The van der Waals surface area contributed by atoms with E-state index in [1.807, 2.05) is 35.4 Å². The molecule has 12 heteroatoms. The number of nitrogens with zero attached hydrogens (tertiary/aromatic N) is 4. The molecule has 1 spiro atoms. The summed E-state index contributed by atoms with van der Waals surface area (Å²) in [6.07, 6.45) is 1.95. The Morgan fingerprint density at radius 1 is 1.09 bits per heavy atom. The van der Waals surface area contributed by atoms with Crippen LogP contribution >= 0.6 is 0 Å². The molecule has 2 aromatic rings. The van der Waals surface area contributed by atoms with Gasteiger partial charge in [-0.25, -0.2) is 14.8 Å². The van der Waals surface area contributed by atoms with E-state index in [0.29, 0.717) is 6.54 Å². The molecule has 1 atom stereocenters. The van der Waals surface area contributed by atoms with Crippen molar-refractivity contribution in [1.29, 1.82) is 0 Å². The monoisotopic (exact) mass is 495 g/mol. The van der Waals surface area contributed by atoms with Gasteiger partial charge in [0.2, 0.25) is 17.8 Å². The molecule has 4 rings (SSSR count). The zero-order valence-electron chi connectivity index (χ0n) is 19.3. The predicted octanol–water partition coefficient (Wildman–Crippen LogP) is 2.75. The van der Waals surface area contributed by atoms with Gasteiger partial charge in [-0.2, -0.15) is 13.2 Å². The van der Waals surface area contributed by atoms with Gasteiger partial charge in [0.15, 0.2) is 0 Å². The van der Waals surface area contributed by atoms with E-state index in [1.54, 1.807) is 0 Å². The Kier molecular flexibility index (Phi) is 8.13. The van der Waals surface area contributed by atoms with Gasteiger partial charge in [-0.1, -0.05) is 18.2 Å². The third kappa shape index (κ3) is 6.58. The van der Waals surface area contributed by atoms with Crippen molar-refractivity contribution in [2.24, 2.45) is 0 Å². The standard InChI is InChI=1S/C21H27N5O2.C2HF3O2/c1-16(27)22-15-19(28)25-11-4-8-21(10-13-25)9-5-12-26(21)20-23-14-17-6-2-3-7-18(17)24-20;3-2(4,5)1(6)7/h2-3,6-7,14H,4-5,8-13,15H2,1H3,(H,22,27);(H,6,7). The fraction of sp³-hybridized carbons (Fsp3) is 0.522. The summed E-state index contributed by atoms with van der Waals surface area (Å²) in [5.41, 5.74) is 0.987. The van der Waals surface area contributed by atoms with Crippen LogP contribution in [0.3, 0.4) is 0 Å². The summed E-state index contributed by atoms with van der Waals surface area (Å²) in [6, 6.07) is 8.06. The summed E-state index contributed by atoms with van der Waals surface area (Å²) in [5, 5.41) is 10.8. The van der Waals surface area contributed by atoms with Gasteiger partial charge in [0.25, 0.3) is 0 Å². The lowest BCUT2D eigenvalue weighted by atomic mass is 9.88. The van der Waals surface area contributed by atoms with Crippen LogP contribution in [0.2, 0.25) is 0 Å². The quantitative estimate of drug-likeness (QED) is 0.673. The molecule has 2 amide bonds. The first-order valence-electron chi connectivity index (χ1n) is 11.3. The Balaban J connectivity index is 0.000000429. The minimum absolute atomic E-state index is 0.00116. The van der Waals surface area contributed by atoms with Gasteiger partial charge >= 0.3 is 12.1 Å². The van der Waals surface area contributed by atoms with E-state index >= 15 is 0 Å². The molecule has 0 radical (unpaired) electrons. The summed E-state index contributed by atoms with van der Waals surface area (Å²) in [4.78, 5) is 46.2. The smallest absolute Gasteiger partial charge is 0.475 e. The van der Waals surface area contributed by atoms with Crippen molar-refractivity contribution in [1.82, 2.24) is 20.2 Å². The number of rotatable bonds is 3. The summed E-state index contributed by atoms with van der Waals surface area (Å²) >= 11 is 0. The molecule has 1 unspecified atom stereocenters. The Hall–Kier alpha value is -3.44. The van der Waals surface area contributed by atoms with Crippen LogP contribution in [0.15, 0.2) is 30.5 Å². The van der Waals surface area contributed by atoms with E-state index < -0.39 is 12.1 Å². The lowest BCUT2D eigenvalue weighted by Crippen LogP contribution is -2.46. The second-order valence-corrected chi connectivity index (χ2v) is 8.66. The van der Waals surface area contributed by atoms with Crippen LogP contribution in [0.25, 0.3) is 10.9 Å². The minimum atomic E-state index is -5.08. The van der Waals surface area contributed by atoms with E-state index in [4.69, 9.17) is 14.9 Å². The average Bonchev–Trinajstić information content (AvgIpc) is 3.10. The number of amides is 2. The van der Waals surface area contributed by atoms with Crippen LogP contribution in [0.5, 0.6) is 0 Å². The minimum Gasteiger partial charge on any atom is -0.475 e. The maximum Gasteiger partial charge on any atom is 0.490 e. The number of anilines is 1. The predicted molar refractivity (Wildman–Crippen MR) is 122 cm³/mol. The maximum atomic E-state index is 12.4. The number of hydrogen-bond acceptors (Lipinski definition) is 6. The molecule has 35 heavy (non-hydrogen) atoms. The normalized spacial score (nSPS) is 20.2. The number of carbonyl (C=O) groups excluding carboxylic acids is 2. The van der Waals surface area contributed by atoms with Crippen molar-refractivity contribution in [3.63, 3.8) is 0 Å². The van der Waals surface area contributed by atoms with E-state index in [2.05, 4.69) is 15.2 Å². The molecule has 1 aromatic carbocycles. The highest BCUT2D eigenvalue weighted by molar-refractivity contribution is 5.83. The topological polar surface area (TPSA) is 116 Å². The second-order valence-electron chi connectivity index (χ2n) is 8.66. The Labute approximate surface area is 200 Å². The lowest BCUT2D eigenvalue weighted by Gasteiger charge is -2.38. The number of fused-ring (bicyclic) bond motifs is 1. The van der Waals surface area contributed by atoms with Gasteiger partial charge < -0.3 is 20.2 Å². The first kappa shape index (κ1) is 26.2. The number of benzene rings is 1. The van der Waals surface area contributed by atoms with Crippen LogP contribution in [0, 0.1) is 0 Å².